The molecule has 172 valence electrons. The van der Waals surface area contributed by atoms with Crippen LogP contribution < -0.4 is 16.4 Å². The summed E-state index contributed by atoms with van der Waals surface area (Å²) in [6.07, 6.45) is 5.86. The zero-order valence-corrected chi connectivity index (χ0v) is 19.9. The van der Waals surface area contributed by atoms with Crippen molar-refractivity contribution in [1.29, 1.82) is 0 Å². The summed E-state index contributed by atoms with van der Waals surface area (Å²) >= 11 is 7.05. The predicted octanol–water partition coefficient (Wildman–Crippen LogP) is -0.205. The molecule has 0 aromatic heterocycles. The molecule has 1 aliphatic rings. The first-order valence-electron chi connectivity index (χ1n) is 9.75. The van der Waals surface area contributed by atoms with Crippen molar-refractivity contribution in [3.8, 4) is 0 Å². The highest BCUT2D eigenvalue weighted by molar-refractivity contribution is 7.98. The molecule has 0 aromatic carbocycles. The van der Waals surface area contributed by atoms with Gasteiger partial charge in [-0.2, -0.15) is 36.2 Å². The van der Waals surface area contributed by atoms with Crippen LogP contribution in [0, 0.1) is 0 Å². The first-order chi connectivity index (χ1) is 14.3. The maximum absolute atomic E-state index is 12.9. The number of aliphatic carboxylic acids is 1. The summed E-state index contributed by atoms with van der Waals surface area (Å²) in [4.78, 5) is 50.8. The van der Waals surface area contributed by atoms with E-state index in [0.717, 1.165) is 5.75 Å². The number of amides is 3. The predicted molar refractivity (Wildman–Crippen MR) is 124 cm³/mol. The van der Waals surface area contributed by atoms with E-state index in [0.29, 0.717) is 38.0 Å². The molecule has 1 heterocycles. The molecule has 0 aromatic rings. The second-order valence-corrected chi connectivity index (χ2v) is 9.34. The van der Waals surface area contributed by atoms with Crippen molar-refractivity contribution in [1.82, 2.24) is 15.5 Å². The van der Waals surface area contributed by atoms with Gasteiger partial charge in [-0.15, -0.1) is 0 Å². The molecule has 5 N–H and O–H groups in total. The summed E-state index contributed by atoms with van der Waals surface area (Å²) in [6.45, 7) is 0.451. The number of nitrogens with two attached hydrogens (primary N) is 1. The molecule has 0 radical (unpaired) electrons. The van der Waals surface area contributed by atoms with E-state index in [1.54, 1.807) is 11.8 Å². The van der Waals surface area contributed by atoms with Gasteiger partial charge in [-0.05, 0) is 49.7 Å². The summed E-state index contributed by atoms with van der Waals surface area (Å²) < 4.78 is 0. The van der Waals surface area contributed by atoms with Gasteiger partial charge in [-0.1, -0.05) is 0 Å². The van der Waals surface area contributed by atoms with E-state index in [1.165, 1.54) is 16.7 Å². The van der Waals surface area contributed by atoms with Crippen molar-refractivity contribution in [3.05, 3.63) is 0 Å². The van der Waals surface area contributed by atoms with Crippen molar-refractivity contribution in [3.63, 3.8) is 0 Å². The molecule has 4 atom stereocenters. The Labute approximate surface area is 191 Å². The summed E-state index contributed by atoms with van der Waals surface area (Å²) in [5.74, 6) is -1.16. The Kier molecular flexibility index (Phi) is 12.6. The van der Waals surface area contributed by atoms with Crippen LogP contribution in [0.2, 0.25) is 0 Å². The topological polar surface area (TPSA) is 142 Å². The number of nitrogens with one attached hydrogen (secondary N) is 2. The van der Waals surface area contributed by atoms with E-state index in [2.05, 4.69) is 23.3 Å². The number of carbonyl (C=O) groups excluding carboxylic acids is 3. The molecule has 0 saturated carbocycles. The Hall–Kier alpha value is -1.11. The molecular formula is C18H32N4O5S3. The summed E-state index contributed by atoms with van der Waals surface area (Å²) in [5, 5.41) is 14.2. The van der Waals surface area contributed by atoms with Crippen LogP contribution in [0.3, 0.4) is 0 Å². The molecule has 1 saturated heterocycles. The van der Waals surface area contributed by atoms with Crippen LogP contribution in [0.25, 0.3) is 0 Å². The first kappa shape index (κ1) is 26.9. The van der Waals surface area contributed by atoms with Gasteiger partial charge in [0.2, 0.25) is 17.7 Å². The first-order valence-corrected chi connectivity index (χ1v) is 13.2. The standard InChI is InChI=1S/C18H32N4O5S3/c1-29-8-5-11(19)17(25)22-7-3-4-14(22)16(24)20-12(6-9-30-2)15(23)21-13(10-28)18(26)27/h11-14,28H,3-10,19H2,1-2H3,(H,20,24)(H,21,23)(H,26,27). The van der Waals surface area contributed by atoms with Crippen molar-refractivity contribution >= 4 is 59.8 Å². The van der Waals surface area contributed by atoms with E-state index < -0.39 is 42.0 Å². The number of hydrogen-bond acceptors (Lipinski definition) is 8. The average molecular weight is 481 g/mol. The fraction of sp³-hybridized carbons (Fsp3) is 0.778. The molecule has 1 fully saturated rings. The molecule has 9 nitrogen and oxygen atoms in total. The highest BCUT2D eigenvalue weighted by Crippen LogP contribution is 2.19. The van der Waals surface area contributed by atoms with Crippen molar-refractivity contribution in [2.24, 2.45) is 5.73 Å². The van der Waals surface area contributed by atoms with Crippen LogP contribution in [0.15, 0.2) is 0 Å². The van der Waals surface area contributed by atoms with Crippen LogP contribution in [0.1, 0.15) is 25.7 Å². The minimum atomic E-state index is -1.19. The SMILES string of the molecule is CSCCC(N)C(=O)N1CCCC1C(=O)NC(CCSC)C(=O)NC(CS)C(=O)O. The van der Waals surface area contributed by atoms with Gasteiger partial charge in [-0.25, -0.2) is 4.79 Å². The minimum Gasteiger partial charge on any atom is -0.480 e. The van der Waals surface area contributed by atoms with E-state index in [9.17, 15) is 19.2 Å². The van der Waals surface area contributed by atoms with Gasteiger partial charge in [-0.3, -0.25) is 14.4 Å². The Morgan fingerprint density at radius 1 is 1.13 bits per heavy atom. The van der Waals surface area contributed by atoms with E-state index in [-0.39, 0.29) is 11.7 Å². The summed E-state index contributed by atoms with van der Waals surface area (Å²) in [6, 6.07) is -3.38. The normalized spacial score (nSPS) is 19.1. The highest BCUT2D eigenvalue weighted by atomic mass is 32.2. The maximum Gasteiger partial charge on any atom is 0.327 e. The van der Waals surface area contributed by atoms with E-state index in [4.69, 9.17) is 10.8 Å². The minimum absolute atomic E-state index is 0.0664. The monoisotopic (exact) mass is 480 g/mol. The van der Waals surface area contributed by atoms with Crippen LogP contribution >= 0.6 is 36.2 Å². The number of thiol groups is 1. The zero-order chi connectivity index (χ0) is 22.7. The van der Waals surface area contributed by atoms with Crippen LogP contribution in [0.4, 0.5) is 0 Å². The average Bonchev–Trinajstić information content (AvgIpc) is 3.21. The van der Waals surface area contributed by atoms with Crippen molar-refractivity contribution in [2.45, 2.75) is 49.9 Å². The smallest absolute Gasteiger partial charge is 0.327 e. The number of thioether (sulfide) groups is 2. The molecule has 0 spiro atoms. The lowest BCUT2D eigenvalue weighted by Gasteiger charge is -2.28. The van der Waals surface area contributed by atoms with Gasteiger partial charge >= 0.3 is 5.97 Å². The summed E-state index contributed by atoms with van der Waals surface area (Å²) in [7, 11) is 0. The Bertz CT molecular complexity index is 610. The number of hydrogen-bond donors (Lipinski definition) is 5. The van der Waals surface area contributed by atoms with Gasteiger partial charge in [0.25, 0.3) is 0 Å². The van der Waals surface area contributed by atoms with Gasteiger partial charge in [0.05, 0.1) is 6.04 Å². The van der Waals surface area contributed by atoms with Crippen LogP contribution in [-0.2, 0) is 19.2 Å². The maximum atomic E-state index is 12.9. The third kappa shape index (κ3) is 8.20. The van der Waals surface area contributed by atoms with E-state index in [1.807, 2.05) is 12.5 Å². The third-order valence-corrected chi connectivity index (χ3v) is 6.48. The number of carbonyl (C=O) groups is 4. The number of likely N-dealkylation sites (tertiary alicyclic amines) is 1. The largest absolute Gasteiger partial charge is 0.480 e. The number of rotatable bonds is 13. The number of carboxylic acids is 1. The Balaban J connectivity index is 2.82. The Morgan fingerprint density at radius 3 is 2.33 bits per heavy atom. The molecule has 30 heavy (non-hydrogen) atoms. The molecule has 0 aliphatic carbocycles. The molecule has 1 aliphatic heterocycles. The van der Waals surface area contributed by atoms with Gasteiger partial charge in [0.1, 0.15) is 18.1 Å². The Morgan fingerprint density at radius 2 is 1.77 bits per heavy atom. The molecule has 0 bridgehead atoms. The molecule has 3 amide bonds. The van der Waals surface area contributed by atoms with Gasteiger partial charge in [0, 0.05) is 12.3 Å². The van der Waals surface area contributed by atoms with Crippen molar-refractivity contribution in [2.75, 3.05) is 36.3 Å². The second-order valence-electron chi connectivity index (χ2n) is 7.00. The van der Waals surface area contributed by atoms with Gasteiger partial charge < -0.3 is 26.4 Å². The van der Waals surface area contributed by atoms with E-state index >= 15 is 0 Å². The highest BCUT2D eigenvalue weighted by Gasteiger charge is 2.37. The fourth-order valence-electron chi connectivity index (χ4n) is 3.11. The van der Waals surface area contributed by atoms with Crippen LogP contribution in [0.5, 0.6) is 0 Å². The number of carboxylic acid groups (broad SMARTS) is 1. The second kappa shape index (κ2) is 14.0. The van der Waals surface area contributed by atoms with Crippen molar-refractivity contribution < 1.29 is 24.3 Å². The molecular weight excluding hydrogens is 448 g/mol. The lowest BCUT2D eigenvalue weighted by atomic mass is 10.1. The lowest BCUT2D eigenvalue weighted by Crippen LogP contribution is -2.57. The molecule has 12 heteroatoms. The van der Waals surface area contributed by atoms with Gasteiger partial charge in [0.15, 0.2) is 0 Å². The number of nitrogens with zero attached hydrogens (tertiary/aromatic N) is 1. The molecule has 4 unspecified atom stereocenters. The lowest BCUT2D eigenvalue weighted by molar-refractivity contribution is -0.142. The zero-order valence-electron chi connectivity index (χ0n) is 17.3. The van der Waals surface area contributed by atoms with Crippen LogP contribution in [-0.4, -0.2) is 94.2 Å². The summed E-state index contributed by atoms with van der Waals surface area (Å²) in [5.41, 5.74) is 5.99. The quantitative estimate of drug-likeness (QED) is 0.228. The third-order valence-electron chi connectivity index (χ3n) is 4.83. The molecule has 1 rings (SSSR count). The fourth-order valence-corrected chi connectivity index (χ4v) is 4.32.